The molecule has 0 bridgehead atoms. The van der Waals surface area contributed by atoms with E-state index in [1.807, 2.05) is 6.07 Å². The van der Waals surface area contributed by atoms with Gasteiger partial charge in [0.05, 0.1) is 14.2 Å². The van der Waals surface area contributed by atoms with Gasteiger partial charge in [-0.25, -0.2) is 0 Å². The van der Waals surface area contributed by atoms with Crippen molar-refractivity contribution in [3.05, 3.63) is 47.0 Å². The van der Waals surface area contributed by atoms with Gasteiger partial charge in [0.25, 0.3) is 0 Å². The summed E-state index contributed by atoms with van der Waals surface area (Å²) in [5.74, 6) is 3.38. The lowest BCUT2D eigenvalue weighted by Gasteiger charge is -2.29. The van der Waals surface area contributed by atoms with Crippen molar-refractivity contribution >= 4 is 0 Å². The largest absolute Gasteiger partial charge is 0.497 e. The van der Waals surface area contributed by atoms with Crippen molar-refractivity contribution in [3.8, 4) is 23.0 Å². The van der Waals surface area contributed by atoms with Crippen LogP contribution in [0.2, 0.25) is 0 Å². The maximum Gasteiger partial charge on any atom is 0.231 e. The van der Waals surface area contributed by atoms with E-state index < -0.39 is 0 Å². The number of ether oxygens (including phenoxy) is 4. The highest BCUT2D eigenvalue weighted by molar-refractivity contribution is 5.49. The lowest BCUT2D eigenvalue weighted by atomic mass is 9.98. The zero-order valence-electron chi connectivity index (χ0n) is 14.0. The van der Waals surface area contributed by atoms with E-state index in [2.05, 4.69) is 29.2 Å². The maximum atomic E-state index is 5.50. The third kappa shape index (κ3) is 2.87. The molecule has 2 aromatic rings. The molecule has 0 aliphatic carbocycles. The molecule has 2 aliphatic heterocycles. The third-order valence-electron chi connectivity index (χ3n) is 4.60. The fourth-order valence-corrected chi connectivity index (χ4v) is 3.36. The fourth-order valence-electron chi connectivity index (χ4n) is 3.36. The summed E-state index contributed by atoms with van der Waals surface area (Å²) >= 11 is 0. The highest BCUT2D eigenvalue weighted by Gasteiger charge is 2.22. The summed E-state index contributed by atoms with van der Waals surface area (Å²) in [6.45, 7) is 3.12. The van der Waals surface area contributed by atoms with Gasteiger partial charge in [-0.05, 0) is 47.4 Å². The zero-order valence-corrected chi connectivity index (χ0v) is 14.0. The predicted molar refractivity (Wildman–Crippen MR) is 89.9 cm³/mol. The van der Waals surface area contributed by atoms with Gasteiger partial charge in [0.15, 0.2) is 11.5 Å². The Balaban J connectivity index is 1.53. The van der Waals surface area contributed by atoms with E-state index in [0.717, 1.165) is 49.1 Å². The molecular weight excluding hydrogens is 306 g/mol. The van der Waals surface area contributed by atoms with Crippen molar-refractivity contribution < 1.29 is 18.9 Å². The molecule has 2 aliphatic rings. The van der Waals surface area contributed by atoms with Gasteiger partial charge in [0, 0.05) is 25.7 Å². The summed E-state index contributed by atoms with van der Waals surface area (Å²) in [7, 11) is 3.36. The Hall–Kier alpha value is -2.40. The van der Waals surface area contributed by atoms with Gasteiger partial charge >= 0.3 is 0 Å². The van der Waals surface area contributed by atoms with E-state index in [4.69, 9.17) is 18.9 Å². The molecule has 0 N–H and O–H groups in total. The second-order valence-electron chi connectivity index (χ2n) is 6.16. The minimum Gasteiger partial charge on any atom is -0.497 e. The molecule has 2 heterocycles. The molecule has 0 atom stereocenters. The lowest BCUT2D eigenvalue weighted by molar-refractivity contribution is 0.174. The van der Waals surface area contributed by atoms with Crippen molar-refractivity contribution in [2.45, 2.75) is 19.5 Å². The van der Waals surface area contributed by atoms with Crippen molar-refractivity contribution in [1.29, 1.82) is 0 Å². The number of hydrogen-bond donors (Lipinski definition) is 0. The highest BCUT2D eigenvalue weighted by Crippen LogP contribution is 2.37. The molecule has 0 aromatic heterocycles. The quantitative estimate of drug-likeness (QED) is 0.863. The molecule has 0 saturated carbocycles. The van der Waals surface area contributed by atoms with Crippen molar-refractivity contribution in [2.75, 3.05) is 27.6 Å². The van der Waals surface area contributed by atoms with E-state index >= 15 is 0 Å². The van der Waals surface area contributed by atoms with Gasteiger partial charge in [-0.15, -0.1) is 0 Å². The zero-order chi connectivity index (χ0) is 16.5. The molecule has 0 amide bonds. The first-order valence-corrected chi connectivity index (χ1v) is 8.11. The average molecular weight is 327 g/mol. The first kappa shape index (κ1) is 15.1. The Bertz CT molecular complexity index is 737. The number of hydrogen-bond acceptors (Lipinski definition) is 5. The Morgan fingerprint density at radius 3 is 2.25 bits per heavy atom. The van der Waals surface area contributed by atoms with Crippen LogP contribution >= 0.6 is 0 Å². The van der Waals surface area contributed by atoms with Crippen molar-refractivity contribution in [2.24, 2.45) is 0 Å². The summed E-state index contributed by atoms with van der Waals surface area (Å²) in [5, 5.41) is 0. The van der Waals surface area contributed by atoms with Crippen LogP contribution in [0.25, 0.3) is 0 Å². The summed E-state index contributed by atoms with van der Waals surface area (Å²) in [4.78, 5) is 2.43. The molecule has 0 unspecified atom stereocenters. The Labute approximate surface area is 141 Å². The second kappa shape index (κ2) is 6.24. The van der Waals surface area contributed by atoms with Crippen LogP contribution in [0.15, 0.2) is 30.3 Å². The minimum atomic E-state index is 0.325. The molecule has 126 valence electrons. The Morgan fingerprint density at radius 1 is 0.917 bits per heavy atom. The molecule has 0 saturated heterocycles. The fraction of sp³-hybridized carbons (Fsp3) is 0.368. The van der Waals surface area contributed by atoms with E-state index in [1.54, 1.807) is 14.2 Å². The molecule has 4 rings (SSSR count). The van der Waals surface area contributed by atoms with Gasteiger partial charge in [-0.3, -0.25) is 4.90 Å². The molecule has 0 fully saturated rings. The molecule has 24 heavy (non-hydrogen) atoms. The molecular formula is C19H21NO4. The van der Waals surface area contributed by atoms with Crippen LogP contribution in [0.1, 0.15) is 16.7 Å². The number of fused-ring (bicyclic) bond motifs is 2. The summed E-state index contributed by atoms with van der Waals surface area (Å²) in [5.41, 5.74) is 3.87. The van der Waals surface area contributed by atoms with Gasteiger partial charge in [-0.2, -0.15) is 0 Å². The van der Waals surface area contributed by atoms with Crippen LogP contribution in [0, 0.1) is 0 Å². The van der Waals surface area contributed by atoms with E-state index in [1.165, 1.54) is 16.7 Å². The van der Waals surface area contributed by atoms with E-state index in [0.29, 0.717) is 6.79 Å². The highest BCUT2D eigenvalue weighted by atomic mass is 16.7. The number of nitrogens with zero attached hydrogens (tertiary/aromatic N) is 1. The first-order chi connectivity index (χ1) is 11.7. The van der Waals surface area contributed by atoms with Crippen molar-refractivity contribution in [1.82, 2.24) is 4.90 Å². The molecule has 5 nitrogen and oxygen atoms in total. The smallest absolute Gasteiger partial charge is 0.231 e. The van der Waals surface area contributed by atoms with E-state index in [9.17, 15) is 0 Å². The Morgan fingerprint density at radius 2 is 1.58 bits per heavy atom. The number of methoxy groups -OCH3 is 2. The number of rotatable bonds is 4. The van der Waals surface area contributed by atoms with Crippen LogP contribution in [0.4, 0.5) is 0 Å². The minimum absolute atomic E-state index is 0.325. The monoisotopic (exact) mass is 327 g/mol. The van der Waals surface area contributed by atoms with E-state index in [-0.39, 0.29) is 0 Å². The van der Waals surface area contributed by atoms with Crippen molar-refractivity contribution in [3.63, 3.8) is 0 Å². The maximum absolute atomic E-state index is 5.50. The summed E-state index contributed by atoms with van der Waals surface area (Å²) < 4.78 is 21.7. The summed E-state index contributed by atoms with van der Waals surface area (Å²) in [6, 6.07) is 10.3. The van der Waals surface area contributed by atoms with Crippen LogP contribution in [0.3, 0.4) is 0 Å². The molecule has 2 aromatic carbocycles. The standard InChI is InChI=1S/C19H21NO4/c1-21-16-5-13(6-17(9-16)22-2)10-20-4-3-14-7-18-19(24-12-23-18)8-15(14)11-20/h5-9H,3-4,10-12H2,1-2H3. The van der Waals surface area contributed by atoms with Crippen LogP contribution in [-0.2, 0) is 19.5 Å². The molecule has 0 radical (unpaired) electrons. The van der Waals surface area contributed by atoms with Crippen LogP contribution in [-0.4, -0.2) is 32.5 Å². The van der Waals surface area contributed by atoms with Gasteiger partial charge in [-0.1, -0.05) is 0 Å². The van der Waals surface area contributed by atoms with Gasteiger partial charge < -0.3 is 18.9 Å². The number of benzene rings is 2. The van der Waals surface area contributed by atoms with Crippen LogP contribution < -0.4 is 18.9 Å². The SMILES string of the molecule is COc1cc(CN2CCc3cc4c(cc3C2)OCO4)cc(OC)c1. The topological polar surface area (TPSA) is 40.2 Å². The second-order valence-corrected chi connectivity index (χ2v) is 6.16. The van der Waals surface area contributed by atoms with Crippen LogP contribution in [0.5, 0.6) is 23.0 Å². The molecule has 0 spiro atoms. The summed E-state index contributed by atoms with van der Waals surface area (Å²) in [6.07, 6.45) is 1.02. The lowest BCUT2D eigenvalue weighted by Crippen LogP contribution is -2.30. The Kier molecular flexibility index (Phi) is 3.94. The third-order valence-corrected chi connectivity index (χ3v) is 4.60. The van der Waals surface area contributed by atoms with Gasteiger partial charge in [0.2, 0.25) is 6.79 Å². The molecule has 5 heteroatoms. The normalized spacial score (nSPS) is 15.9. The average Bonchev–Trinajstić information content (AvgIpc) is 3.06. The predicted octanol–water partition coefficient (Wildman–Crippen LogP) is 2.99. The first-order valence-electron chi connectivity index (χ1n) is 8.11. The van der Waals surface area contributed by atoms with Gasteiger partial charge in [0.1, 0.15) is 11.5 Å².